The third kappa shape index (κ3) is 1.68. The van der Waals surface area contributed by atoms with Crippen LogP contribution in [-0.4, -0.2) is 17.4 Å². The number of ketones is 1. The predicted molar refractivity (Wildman–Crippen MR) is 75.3 cm³/mol. The highest BCUT2D eigenvalue weighted by molar-refractivity contribution is 6.00. The molecule has 2 aliphatic rings. The SMILES string of the molecule is CC1(C)CC2(CNc3ccccc32)CC(=CO)C1=O. The van der Waals surface area contributed by atoms with Crippen molar-refractivity contribution in [2.24, 2.45) is 5.41 Å². The van der Waals surface area contributed by atoms with Gasteiger partial charge in [0.15, 0.2) is 5.78 Å². The summed E-state index contributed by atoms with van der Waals surface area (Å²) in [6.07, 6.45) is 2.45. The van der Waals surface area contributed by atoms with Gasteiger partial charge in [-0.05, 0) is 24.5 Å². The van der Waals surface area contributed by atoms with E-state index >= 15 is 0 Å². The van der Waals surface area contributed by atoms with Gasteiger partial charge >= 0.3 is 0 Å². The van der Waals surface area contributed by atoms with E-state index in [-0.39, 0.29) is 11.2 Å². The number of para-hydroxylation sites is 1. The van der Waals surface area contributed by atoms with Crippen LogP contribution < -0.4 is 5.32 Å². The van der Waals surface area contributed by atoms with Gasteiger partial charge in [0.25, 0.3) is 0 Å². The summed E-state index contributed by atoms with van der Waals surface area (Å²) in [6, 6.07) is 8.28. The summed E-state index contributed by atoms with van der Waals surface area (Å²) in [7, 11) is 0. The van der Waals surface area contributed by atoms with Crippen molar-refractivity contribution in [1.82, 2.24) is 0 Å². The number of aliphatic hydroxyl groups excluding tert-OH is 1. The molecule has 3 nitrogen and oxygen atoms in total. The first kappa shape index (κ1) is 12.3. The fourth-order valence-corrected chi connectivity index (χ4v) is 3.75. The third-order valence-electron chi connectivity index (χ3n) is 4.49. The first-order chi connectivity index (χ1) is 8.98. The van der Waals surface area contributed by atoms with Gasteiger partial charge in [0.1, 0.15) is 0 Å². The number of benzene rings is 1. The number of carbonyl (C=O) groups is 1. The van der Waals surface area contributed by atoms with Crippen molar-refractivity contribution >= 4 is 11.5 Å². The predicted octanol–water partition coefficient (Wildman–Crippen LogP) is 3.18. The summed E-state index contributed by atoms with van der Waals surface area (Å²) in [5, 5.41) is 12.8. The maximum Gasteiger partial charge on any atom is 0.167 e. The molecule has 2 N–H and O–H groups in total. The van der Waals surface area contributed by atoms with E-state index in [1.54, 1.807) is 0 Å². The molecule has 1 saturated carbocycles. The molecule has 1 aliphatic carbocycles. The number of hydrogen-bond acceptors (Lipinski definition) is 3. The molecule has 1 spiro atoms. The Balaban J connectivity index is 2.10. The molecule has 0 bridgehead atoms. The van der Waals surface area contributed by atoms with Gasteiger partial charge < -0.3 is 10.4 Å². The minimum Gasteiger partial charge on any atom is -0.515 e. The number of carbonyl (C=O) groups excluding carboxylic acids is 1. The number of allylic oxidation sites excluding steroid dienone is 1. The van der Waals surface area contributed by atoms with Crippen molar-refractivity contribution in [3.63, 3.8) is 0 Å². The topological polar surface area (TPSA) is 49.3 Å². The van der Waals surface area contributed by atoms with E-state index in [1.807, 2.05) is 26.0 Å². The minimum atomic E-state index is -0.425. The summed E-state index contributed by atoms with van der Waals surface area (Å²) in [5.41, 5.74) is 2.49. The number of aliphatic hydroxyl groups is 1. The number of Topliss-reactive ketones (excluding diaryl/α,β-unsaturated/α-hetero) is 1. The molecule has 100 valence electrons. The van der Waals surface area contributed by atoms with Crippen LogP contribution in [0.2, 0.25) is 0 Å². The lowest BCUT2D eigenvalue weighted by atomic mass is 9.59. The molecule has 0 radical (unpaired) electrons. The van der Waals surface area contributed by atoms with Crippen molar-refractivity contribution in [3.8, 4) is 0 Å². The summed E-state index contributed by atoms with van der Waals surface area (Å²) < 4.78 is 0. The van der Waals surface area contributed by atoms with Crippen LogP contribution in [0.5, 0.6) is 0 Å². The Labute approximate surface area is 113 Å². The van der Waals surface area contributed by atoms with Gasteiger partial charge in [0.05, 0.1) is 6.26 Å². The molecule has 19 heavy (non-hydrogen) atoms. The van der Waals surface area contributed by atoms with Crippen LogP contribution in [0.1, 0.15) is 32.3 Å². The van der Waals surface area contributed by atoms with E-state index in [4.69, 9.17) is 0 Å². The van der Waals surface area contributed by atoms with Crippen molar-refractivity contribution in [1.29, 1.82) is 0 Å². The van der Waals surface area contributed by atoms with Crippen LogP contribution in [0, 0.1) is 5.41 Å². The zero-order valence-electron chi connectivity index (χ0n) is 11.4. The molecule has 3 rings (SSSR count). The molecule has 1 aromatic rings. The number of fused-ring (bicyclic) bond motifs is 2. The molecular weight excluding hydrogens is 238 g/mol. The lowest BCUT2D eigenvalue weighted by molar-refractivity contribution is -0.126. The van der Waals surface area contributed by atoms with E-state index in [2.05, 4.69) is 17.4 Å². The summed E-state index contributed by atoms with van der Waals surface area (Å²) in [6.45, 7) is 4.78. The highest BCUT2D eigenvalue weighted by Crippen LogP contribution is 2.52. The van der Waals surface area contributed by atoms with E-state index in [9.17, 15) is 9.90 Å². The van der Waals surface area contributed by atoms with Crippen molar-refractivity contribution in [2.75, 3.05) is 11.9 Å². The normalized spacial score (nSPS) is 30.4. The second kappa shape index (κ2) is 3.86. The quantitative estimate of drug-likeness (QED) is 0.554. The smallest absolute Gasteiger partial charge is 0.167 e. The van der Waals surface area contributed by atoms with E-state index in [1.165, 1.54) is 5.56 Å². The second-order valence-electron chi connectivity index (χ2n) is 6.40. The van der Waals surface area contributed by atoms with Crippen molar-refractivity contribution in [3.05, 3.63) is 41.7 Å². The molecule has 1 aliphatic heterocycles. The van der Waals surface area contributed by atoms with Crippen LogP contribution in [-0.2, 0) is 10.2 Å². The van der Waals surface area contributed by atoms with Crippen molar-refractivity contribution in [2.45, 2.75) is 32.1 Å². The number of hydrogen-bond donors (Lipinski definition) is 2. The van der Waals surface area contributed by atoms with Gasteiger partial charge in [-0.1, -0.05) is 32.0 Å². The Morgan fingerprint density at radius 3 is 2.79 bits per heavy atom. The fourth-order valence-electron chi connectivity index (χ4n) is 3.75. The van der Waals surface area contributed by atoms with Gasteiger partial charge in [0.2, 0.25) is 0 Å². The van der Waals surface area contributed by atoms with Gasteiger partial charge in [-0.3, -0.25) is 4.79 Å². The number of anilines is 1. The molecule has 1 atom stereocenters. The summed E-state index contributed by atoms with van der Waals surface area (Å²) in [5.74, 6) is 0.0741. The highest BCUT2D eigenvalue weighted by atomic mass is 16.2. The maximum atomic E-state index is 12.3. The lowest BCUT2D eigenvalue weighted by Crippen LogP contribution is -2.44. The Morgan fingerprint density at radius 2 is 2.05 bits per heavy atom. The summed E-state index contributed by atoms with van der Waals surface area (Å²) in [4.78, 5) is 12.3. The average Bonchev–Trinajstić information content (AvgIpc) is 2.73. The van der Waals surface area contributed by atoms with E-state index in [0.717, 1.165) is 24.9 Å². The minimum absolute atomic E-state index is 0.0669. The van der Waals surface area contributed by atoms with Gasteiger partial charge in [-0.15, -0.1) is 0 Å². The summed E-state index contributed by atoms with van der Waals surface area (Å²) >= 11 is 0. The first-order valence-corrected chi connectivity index (χ1v) is 6.70. The molecule has 0 saturated heterocycles. The monoisotopic (exact) mass is 257 g/mol. The molecule has 0 aromatic heterocycles. The highest BCUT2D eigenvalue weighted by Gasteiger charge is 2.50. The average molecular weight is 257 g/mol. The largest absolute Gasteiger partial charge is 0.515 e. The Bertz CT molecular complexity index is 574. The molecule has 3 heteroatoms. The molecule has 1 heterocycles. The van der Waals surface area contributed by atoms with Crippen LogP contribution in [0.4, 0.5) is 5.69 Å². The second-order valence-corrected chi connectivity index (χ2v) is 6.40. The van der Waals surface area contributed by atoms with Crippen LogP contribution in [0.3, 0.4) is 0 Å². The van der Waals surface area contributed by atoms with E-state index < -0.39 is 5.41 Å². The lowest BCUT2D eigenvalue weighted by Gasteiger charge is -2.42. The van der Waals surface area contributed by atoms with Crippen LogP contribution in [0.25, 0.3) is 0 Å². The third-order valence-corrected chi connectivity index (χ3v) is 4.49. The molecule has 1 fully saturated rings. The van der Waals surface area contributed by atoms with Gasteiger partial charge in [-0.2, -0.15) is 0 Å². The van der Waals surface area contributed by atoms with E-state index in [0.29, 0.717) is 12.0 Å². The zero-order chi connectivity index (χ0) is 13.7. The molecule has 1 aromatic carbocycles. The van der Waals surface area contributed by atoms with Crippen molar-refractivity contribution < 1.29 is 9.90 Å². The molecular formula is C16H19NO2. The molecule has 1 unspecified atom stereocenters. The van der Waals surface area contributed by atoms with Crippen LogP contribution in [0.15, 0.2) is 36.1 Å². The first-order valence-electron chi connectivity index (χ1n) is 6.70. The molecule has 0 amide bonds. The fraction of sp³-hybridized carbons (Fsp3) is 0.438. The Morgan fingerprint density at radius 1 is 1.32 bits per heavy atom. The van der Waals surface area contributed by atoms with Gasteiger partial charge in [0, 0.05) is 28.6 Å². The van der Waals surface area contributed by atoms with Crippen LogP contribution >= 0.6 is 0 Å². The Hall–Kier alpha value is -1.77. The number of rotatable bonds is 0. The maximum absolute atomic E-state index is 12.3. The van der Waals surface area contributed by atoms with Gasteiger partial charge in [-0.25, -0.2) is 0 Å². The number of nitrogens with one attached hydrogen (secondary N) is 1. The standard InChI is InChI=1S/C16H19NO2/c1-15(2)9-16(7-11(8-18)14(15)19)10-17-13-6-4-3-5-12(13)16/h3-6,8,17-18H,7,9-10H2,1-2H3. The Kier molecular flexibility index (Phi) is 2.49. The zero-order valence-corrected chi connectivity index (χ0v) is 11.4.